The van der Waals surface area contributed by atoms with Gasteiger partial charge < -0.3 is 18.9 Å². The van der Waals surface area contributed by atoms with Crippen LogP contribution in [0.2, 0.25) is 0 Å². The Labute approximate surface area is 184 Å². The lowest BCUT2D eigenvalue weighted by molar-refractivity contribution is 0.0861. The number of ether oxygens (including phenoxy) is 4. The van der Waals surface area contributed by atoms with Crippen LogP contribution in [-0.2, 0) is 13.1 Å². The number of hydrogen-bond acceptors (Lipinski definition) is 7. The molecule has 4 heterocycles. The highest BCUT2D eigenvalue weighted by atomic mass is 16.7. The van der Waals surface area contributed by atoms with Crippen molar-refractivity contribution in [2.24, 2.45) is 0 Å². The van der Waals surface area contributed by atoms with Gasteiger partial charge in [0, 0.05) is 19.3 Å². The van der Waals surface area contributed by atoms with Gasteiger partial charge in [0.1, 0.15) is 18.2 Å². The second-order valence-electron chi connectivity index (χ2n) is 8.01. The van der Waals surface area contributed by atoms with E-state index >= 15 is 0 Å². The van der Waals surface area contributed by atoms with Crippen LogP contribution in [0.4, 0.5) is 0 Å². The molecule has 0 unspecified atom stereocenters. The molecule has 7 heteroatoms. The van der Waals surface area contributed by atoms with Gasteiger partial charge in [0.05, 0.1) is 16.8 Å². The van der Waals surface area contributed by atoms with Crippen molar-refractivity contribution < 1.29 is 23.7 Å². The molecule has 1 aromatic heterocycles. The number of allylic oxidation sites excluding steroid dienone is 1. The van der Waals surface area contributed by atoms with E-state index in [1.54, 1.807) is 12.3 Å². The highest BCUT2D eigenvalue weighted by Crippen LogP contribution is 2.44. The Kier molecular flexibility index (Phi) is 4.36. The summed E-state index contributed by atoms with van der Waals surface area (Å²) in [4.78, 5) is 19.7. The lowest BCUT2D eigenvalue weighted by atomic mass is 9.98. The zero-order valence-electron chi connectivity index (χ0n) is 17.5. The number of nitrogens with zero attached hydrogens (tertiary/aromatic N) is 2. The molecule has 3 aliphatic heterocycles. The third kappa shape index (κ3) is 3.18. The molecule has 0 saturated carbocycles. The van der Waals surface area contributed by atoms with Gasteiger partial charge in [-0.25, -0.2) is 0 Å². The topological polar surface area (TPSA) is 70.1 Å². The van der Waals surface area contributed by atoms with Gasteiger partial charge in [-0.15, -0.1) is 0 Å². The summed E-state index contributed by atoms with van der Waals surface area (Å²) in [7, 11) is 0. The van der Waals surface area contributed by atoms with Crippen LogP contribution in [0.3, 0.4) is 0 Å². The third-order valence-electron chi connectivity index (χ3n) is 5.79. The first kappa shape index (κ1) is 18.9. The highest BCUT2D eigenvalue weighted by Gasteiger charge is 2.35. The number of carbonyl (C=O) groups excluding carboxylic acids is 1. The van der Waals surface area contributed by atoms with Gasteiger partial charge in [0.15, 0.2) is 17.3 Å². The SMILES string of the molecule is Cc1cc2c(c3c1C(=O)/C(=C/c1ccc4c(c1)OCO4)O3)CN(Cc1ccccn1)CO2. The summed E-state index contributed by atoms with van der Waals surface area (Å²) in [5.74, 6) is 2.87. The van der Waals surface area contributed by atoms with E-state index < -0.39 is 0 Å². The number of Topliss-reactive ketones (excluding diaryl/α,β-unsaturated/α-hetero) is 1. The van der Waals surface area contributed by atoms with Gasteiger partial charge in [-0.1, -0.05) is 12.1 Å². The first-order chi connectivity index (χ1) is 15.7. The summed E-state index contributed by atoms with van der Waals surface area (Å²) in [6.45, 7) is 3.83. The monoisotopic (exact) mass is 428 g/mol. The summed E-state index contributed by atoms with van der Waals surface area (Å²) in [6, 6.07) is 13.3. The second kappa shape index (κ2) is 7.39. The van der Waals surface area contributed by atoms with E-state index in [0.29, 0.717) is 42.6 Å². The van der Waals surface area contributed by atoms with Crippen molar-refractivity contribution in [2.75, 3.05) is 13.5 Å². The molecular weight excluding hydrogens is 408 g/mol. The molecule has 3 aromatic rings. The molecule has 7 nitrogen and oxygen atoms in total. The van der Waals surface area contributed by atoms with Crippen LogP contribution in [0.1, 0.15) is 32.7 Å². The fourth-order valence-corrected chi connectivity index (χ4v) is 4.25. The smallest absolute Gasteiger partial charge is 0.232 e. The minimum Gasteiger partial charge on any atom is -0.478 e. The van der Waals surface area contributed by atoms with E-state index in [9.17, 15) is 4.79 Å². The lowest BCUT2D eigenvalue weighted by Crippen LogP contribution is -2.32. The molecule has 0 N–H and O–H groups in total. The van der Waals surface area contributed by atoms with Crippen LogP contribution in [0.25, 0.3) is 6.08 Å². The van der Waals surface area contributed by atoms with E-state index in [-0.39, 0.29) is 18.3 Å². The zero-order chi connectivity index (χ0) is 21.7. The van der Waals surface area contributed by atoms with Crippen molar-refractivity contribution in [3.63, 3.8) is 0 Å². The van der Waals surface area contributed by atoms with Gasteiger partial charge in [0.25, 0.3) is 0 Å². The van der Waals surface area contributed by atoms with Crippen LogP contribution in [-0.4, -0.2) is 29.2 Å². The molecule has 0 atom stereocenters. The van der Waals surface area contributed by atoms with Crippen molar-refractivity contribution >= 4 is 11.9 Å². The standard InChI is InChI=1S/C25H20N2O5/c1-15-8-20-18(12-27(13-29-20)11-17-4-2-3-7-26-17)25-23(15)24(28)22(32-25)10-16-5-6-19-21(9-16)31-14-30-19/h2-10H,11-14H2,1H3/b22-10-. The van der Waals surface area contributed by atoms with Crippen LogP contribution in [0.15, 0.2) is 54.4 Å². The minimum absolute atomic E-state index is 0.125. The number of carbonyl (C=O) groups is 1. The number of aryl methyl sites for hydroxylation is 1. The molecule has 0 spiro atoms. The number of aromatic nitrogens is 1. The van der Waals surface area contributed by atoms with Crippen LogP contribution >= 0.6 is 0 Å². The van der Waals surface area contributed by atoms with Crippen LogP contribution < -0.4 is 18.9 Å². The molecule has 0 fully saturated rings. The van der Waals surface area contributed by atoms with Crippen molar-refractivity contribution in [1.82, 2.24) is 9.88 Å². The van der Waals surface area contributed by atoms with Gasteiger partial charge >= 0.3 is 0 Å². The third-order valence-corrected chi connectivity index (χ3v) is 5.79. The zero-order valence-corrected chi connectivity index (χ0v) is 17.5. The average molecular weight is 428 g/mol. The van der Waals surface area contributed by atoms with Crippen molar-refractivity contribution in [3.05, 3.63) is 82.4 Å². The number of pyridine rings is 1. The number of ketones is 1. The van der Waals surface area contributed by atoms with Crippen molar-refractivity contribution in [2.45, 2.75) is 20.0 Å². The molecule has 0 bridgehead atoms. The molecule has 0 saturated heterocycles. The van der Waals surface area contributed by atoms with Crippen LogP contribution in [0, 0.1) is 6.92 Å². The Bertz CT molecular complexity index is 1270. The fourth-order valence-electron chi connectivity index (χ4n) is 4.25. The summed E-state index contributed by atoms with van der Waals surface area (Å²) in [5.41, 5.74) is 4.10. The van der Waals surface area contributed by atoms with Crippen LogP contribution in [0.5, 0.6) is 23.0 Å². The van der Waals surface area contributed by atoms with E-state index in [1.165, 1.54) is 0 Å². The Balaban J connectivity index is 1.32. The minimum atomic E-state index is -0.125. The number of rotatable bonds is 3. The number of fused-ring (bicyclic) bond motifs is 4. The highest BCUT2D eigenvalue weighted by molar-refractivity contribution is 6.16. The Morgan fingerprint density at radius 1 is 1.06 bits per heavy atom. The maximum absolute atomic E-state index is 13.2. The first-order valence-electron chi connectivity index (χ1n) is 10.4. The first-order valence-corrected chi connectivity index (χ1v) is 10.4. The maximum Gasteiger partial charge on any atom is 0.232 e. The fraction of sp³-hybridized carbons (Fsp3) is 0.200. The summed E-state index contributed by atoms with van der Waals surface area (Å²) >= 11 is 0. The Morgan fingerprint density at radius 3 is 2.84 bits per heavy atom. The van der Waals surface area contributed by atoms with Crippen molar-refractivity contribution in [3.8, 4) is 23.0 Å². The van der Waals surface area contributed by atoms with E-state index in [2.05, 4.69) is 9.88 Å². The molecule has 0 aliphatic carbocycles. The Hall–Kier alpha value is -3.84. The summed E-state index contributed by atoms with van der Waals surface area (Å²) in [5, 5.41) is 0. The number of benzene rings is 2. The molecule has 2 aromatic carbocycles. The average Bonchev–Trinajstić information content (AvgIpc) is 3.40. The Morgan fingerprint density at radius 2 is 1.97 bits per heavy atom. The molecule has 0 amide bonds. The normalized spacial score (nSPS) is 17.7. The van der Waals surface area contributed by atoms with Gasteiger partial charge in [-0.05, 0) is 54.5 Å². The summed E-state index contributed by atoms with van der Waals surface area (Å²) < 4.78 is 23.0. The molecular formula is C25H20N2O5. The van der Waals surface area contributed by atoms with E-state index in [4.69, 9.17) is 18.9 Å². The van der Waals surface area contributed by atoms with E-state index in [0.717, 1.165) is 28.1 Å². The predicted octanol–water partition coefficient (Wildman–Crippen LogP) is 4.09. The molecule has 32 heavy (non-hydrogen) atoms. The lowest BCUT2D eigenvalue weighted by Gasteiger charge is -2.29. The second-order valence-corrected chi connectivity index (χ2v) is 8.01. The van der Waals surface area contributed by atoms with Crippen molar-refractivity contribution in [1.29, 1.82) is 0 Å². The summed E-state index contributed by atoms with van der Waals surface area (Å²) in [6.07, 6.45) is 3.52. The predicted molar refractivity (Wildman–Crippen MR) is 116 cm³/mol. The van der Waals surface area contributed by atoms with Gasteiger partial charge in [-0.3, -0.25) is 14.7 Å². The molecule has 3 aliphatic rings. The largest absolute Gasteiger partial charge is 0.478 e. The van der Waals surface area contributed by atoms with E-state index in [1.807, 2.05) is 49.4 Å². The quantitative estimate of drug-likeness (QED) is 0.582. The van der Waals surface area contributed by atoms with Gasteiger partial charge in [-0.2, -0.15) is 0 Å². The van der Waals surface area contributed by atoms with Gasteiger partial charge in [0.2, 0.25) is 12.6 Å². The number of hydrogen-bond donors (Lipinski definition) is 0. The molecule has 6 rings (SSSR count). The molecule has 0 radical (unpaired) electrons. The maximum atomic E-state index is 13.2. The molecule has 160 valence electrons.